The van der Waals surface area contributed by atoms with Gasteiger partial charge in [0.25, 0.3) is 0 Å². The minimum atomic E-state index is 0.122. The number of likely N-dealkylation sites (tertiary alicyclic amines) is 1. The van der Waals surface area contributed by atoms with Crippen LogP contribution in [0.15, 0.2) is 18.3 Å². The van der Waals surface area contributed by atoms with E-state index >= 15 is 0 Å². The number of ether oxygens (including phenoxy) is 1. The molecule has 0 radical (unpaired) electrons. The quantitative estimate of drug-likeness (QED) is 0.750. The van der Waals surface area contributed by atoms with Crippen LogP contribution in [0.2, 0.25) is 0 Å². The molecule has 0 spiro atoms. The van der Waals surface area contributed by atoms with Gasteiger partial charge in [-0.3, -0.25) is 4.79 Å². The topological polar surface area (TPSA) is 42.4 Å². The summed E-state index contributed by atoms with van der Waals surface area (Å²) in [5.74, 6) is 0.661. The molecule has 1 aliphatic heterocycles. The molecular weight excluding hydrogens is 216 g/mol. The summed E-state index contributed by atoms with van der Waals surface area (Å²) in [6.45, 7) is 3.36. The normalized spacial score (nSPS) is 20.1. The number of amides is 1. The molecule has 0 saturated carbocycles. The van der Waals surface area contributed by atoms with Gasteiger partial charge < -0.3 is 9.64 Å². The molecule has 1 fully saturated rings. The van der Waals surface area contributed by atoms with Crippen LogP contribution < -0.4 is 4.74 Å². The predicted octanol–water partition coefficient (Wildman–Crippen LogP) is 2.16. The minimum Gasteiger partial charge on any atom is -0.478 e. The number of carbonyl (C=O) groups is 1. The fraction of sp³-hybridized carbons (Fsp3) is 0.538. The lowest BCUT2D eigenvalue weighted by atomic mass is 9.96. The Balaban J connectivity index is 2.27. The molecule has 92 valence electrons. The predicted molar refractivity (Wildman–Crippen MR) is 64.8 cm³/mol. The molecule has 2 heterocycles. The van der Waals surface area contributed by atoms with Gasteiger partial charge in [-0.15, -0.1) is 0 Å². The van der Waals surface area contributed by atoms with Crippen molar-refractivity contribution in [2.24, 2.45) is 0 Å². The molecule has 1 saturated heterocycles. The Morgan fingerprint density at radius 2 is 2.47 bits per heavy atom. The maximum atomic E-state index is 11.1. The summed E-state index contributed by atoms with van der Waals surface area (Å²) in [6, 6.07) is 4.02. The third kappa shape index (κ3) is 2.57. The van der Waals surface area contributed by atoms with Gasteiger partial charge in [0.15, 0.2) is 0 Å². The van der Waals surface area contributed by atoms with E-state index in [1.165, 1.54) is 0 Å². The molecule has 0 bridgehead atoms. The highest BCUT2D eigenvalue weighted by Crippen LogP contribution is 2.33. The van der Waals surface area contributed by atoms with Gasteiger partial charge in [0.1, 0.15) is 0 Å². The first kappa shape index (κ1) is 11.9. The SMILES string of the molecule is CCOc1ncccc1C1CCCCN1C=O. The summed E-state index contributed by atoms with van der Waals surface area (Å²) in [7, 11) is 0. The van der Waals surface area contributed by atoms with Gasteiger partial charge in [0.2, 0.25) is 12.3 Å². The van der Waals surface area contributed by atoms with E-state index < -0.39 is 0 Å². The van der Waals surface area contributed by atoms with Gasteiger partial charge in [-0.1, -0.05) is 6.07 Å². The number of aromatic nitrogens is 1. The Morgan fingerprint density at radius 3 is 3.24 bits per heavy atom. The van der Waals surface area contributed by atoms with E-state index in [1.807, 2.05) is 24.0 Å². The Morgan fingerprint density at radius 1 is 1.59 bits per heavy atom. The van der Waals surface area contributed by atoms with Gasteiger partial charge in [-0.2, -0.15) is 0 Å². The van der Waals surface area contributed by atoms with E-state index in [0.29, 0.717) is 12.5 Å². The van der Waals surface area contributed by atoms with Crippen LogP contribution in [0.3, 0.4) is 0 Å². The molecule has 0 aromatic carbocycles. The average Bonchev–Trinajstić information content (AvgIpc) is 2.40. The van der Waals surface area contributed by atoms with Gasteiger partial charge in [-0.05, 0) is 32.3 Å². The zero-order valence-electron chi connectivity index (χ0n) is 10.1. The van der Waals surface area contributed by atoms with Crippen molar-refractivity contribution in [1.82, 2.24) is 9.88 Å². The minimum absolute atomic E-state index is 0.122. The van der Waals surface area contributed by atoms with E-state index in [1.54, 1.807) is 6.20 Å². The summed E-state index contributed by atoms with van der Waals surface area (Å²) in [5, 5.41) is 0. The third-order valence-corrected chi connectivity index (χ3v) is 3.12. The molecule has 1 aromatic rings. The lowest BCUT2D eigenvalue weighted by molar-refractivity contribution is -0.121. The van der Waals surface area contributed by atoms with Crippen LogP contribution in [0.1, 0.15) is 37.8 Å². The van der Waals surface area contributed by atoms with Crippen molar-refractivity contribution < 1.29 is 9.53 Å². The van der Waals surface area contributed by atoms with Crippen molar-refractivity contribution in [2.45, 2.75) is 32.2 Å². The van der Waals surface area contributed by atoms with E-state index in [0.717, 1.165) is 37.8 Å². The van der Waals surface area contributed by atoms with Crippen molar-refractivity contribution in [3.63, 3.8) is 0 Å². The van der Waals surface area contributed by atoms with Crippen molar-refractivity contribution in [2.75, 3.05) is 13.2 Å². The van der Waals surface area contributed by atoms with Crippen LogP contribution in [0.4, 0.5) is 0 Å². The van der Waals surface area contributed by atoms with E-state index in [-0.39, 0.29) is 6.04 Å². The molecule has 0 N–H and O–H groups in total. The van der Waals surface area contributed by atoms with Crippen LogP contribution in [0, 0.1) is 0 Å². The van der Waals surface area contributed by atoms with Gasteiger partial charge in [0.05, 0.1) is 12.6 Å². The number of rotatable bonds is 4. The Kier molecular flexibility index (Phi) is 3.96. The average molecular weight is 234 g/mol. The number of hydrogen-bond donors (Lipinski definition) is 0. The fourth-order valence-electron chi connectivity index (χ4n) is 2.33. The first-order chi connectivity index (χ1) is 8.36. The molecule has 1 atom stereocenters. The maximum Gasteiger partial charge on any atom is 0.218 e. The molecule has 1 amide bonds. The Bertz CT molecular complexity index is 381. The van der Waals surface area contributed by atoms with E-state index in [4.69, 9.17) is 4.74 Å². The van der Waals surface area contributed by atoms with Crippen LogP contribution in [-0.4, -0.2) is 29.4 Å². The molecule has 1 aliphatic rings. The van der Waals surface area contributed by atoms with E-state index in [2.05, 4.69) is 4.98 Å². The Labute approximate surface area is 102 Å². The van der Waals surface area contributed by atoms with Crippen molar-refractivity contribution in [3.05, 3.63) is 23.9 Å². The van der Waals surface area contributed by atoms with Crippen LogP contribution in [0.25, 0.3) is 0 Å². The third-order valence-electron chi connectivity index (χ3n) is 3.12. The standard InChI is InChI=1S/C13H18N2O2/c1-2-17-13-11(6-5-8-14-13)12-7-3-4-9-15(12)10-16/h5-6,8,10,12H,2-4,7,9H2,1H3. The molecule has 1 aromatic heterocycles. The molecule has 4 heteroatoms. The summed E-state index contributed by atoms with van der Waals surface area (Å²) in [4.78, 5) is 17.2. The number of carbonyl (C=O) groups excluding carboxylic acids is 1. The summed E-state index contributed by atoms with van der Waals surface area (Å²) in [5.41, 5.74) is 1.03. The highest BCUT2D eigenvalue weighted by molar-refractivity contribution is 5.50. The molecule has 0 aliphatic carbocycles. The second kappa shape index (κ2) is 5.66. The van der Waals surface area contributed by atoms with Crippen LogP contribution in [0.5, 0.6) is 5.88 Å². The number of piperidine rings is 1. The zero-order valence-corrected chi connectivity index (χ0v) is 10.1. The molecular formula is C13H18N2O2. The fourth-order valence-corrected chi connectivity index (χ4v) is 2.33. The summed E-state index contributed by atoms with van der Waals surface area (Å²) < 4.78 is 5.53. The van der Waals surface area contributed by atoms with Crippen molar-refractivity contribution in [1.29, 1.82) is 0 Å². The lowest BCUT2D eigenvalue weighted by Crippen LogP contribution is -2.32. The molecule has 17 heavy (non-hydrogen) atoms. The highest BCUT2D eigenvalue weighted by atomic mass is 16.5. The number of hydrogen-bond acceptors (Lipinski definition) is 3. The van der Waals surface area contributed by atoms with Crippen molar-refractivity contribution in [3.8, 4) is 5.88 Å². The van der Waals surface area contributed by atoms with Crippen molar-refractivity contribution >= 4 is 6.41 Å². The number of pyridine rings is 1. The second-order valence-corrected chi connectivity index (χ2v) is 4.19. The number of nitrogens with zero attached hydrogens (tertiary/aromatic N) is 2. The van der Waals surface area contributed by atoms with Crippen LogP contribution in [-0.2, 0) is 4.79 Å². The lowest BCUT2D eigenvalue weighted by Gasteiger charge is -2.33. The largest absolute Gasteiger partial charge is 0.478 e. The smallest absolute Gasteiger partial charge is 0.218 e. The zero-order chi connectivity index (χ0) is 12.1. The second-order valence-electron chi connectivity index (χ2n) is 4.19. The van der Waals surface area contributed by atoms with Gasteiger partial charge in [0, 0.05) is 18.3 Å². The highest BCUT2D eigenvalue weighted by Gasteiger charge is 2.25. The monoisotopic (exact) mass is 234 g/mol. The van der Waals surface area contributed by atoms with Gasteiger partial charge in [-0.25, -0.2) is 4.98 Å². The van der Waals surface area contributed by atoms with Gasteiger partial charge >= 0.3 is 0 Å². The molecule has 2 rings (SSSR count). The Hall–Kier alpha value is -1.58. The summed E-state index contributed by atoms with van der Waals surface area (Å²) in [6.07, 6.45) is 5.88. The summed E-state index contributed by atoms with van der Waals surface area (Å²) >= 11 is 0. The van der Waals surface area contributed by atoms with Crippen LogP contribution >= 0.6 is 0 Å². The first-order valence-corrected chi connectivity index (χ1v) is 6.15. The van der Waals surface area contributed by atoms with E-state index in [9.17, 15) is 4.79 Å². The molecule has 4 nitrogen and oxygen atoms in total. The molecule has 1 unspecified atom stereocenters. The maximum absolute atomic E-state index is 11.1. The first-order valence-electron chi connectivity index (χ1n) is 6.15.